The number of halogens is 1. The van der Waals surface area contributed by atoms with Crippen LogP contribution in [0, 0.1) is 5.82 Å². The van der Waals surface area contributed by atoms with Gasteiger partial charge in [0.15, 0.2) is 11.6 Å². The molecule has 0 spiro atoms. The Morgan fingerprint density at radius 2 is 1.89 bits per heavy atom. The molecule has 19 heavy (non-hydrogen) atoms. The van der Waals surface area contributed by atoms with Gasteiger partial charge >= 0.3 is 0 Å². The average Bonchev–Trinajstić information content (AvgIpc) is 2.42. The summed E-state index contributed by atoms with van der Waals surface area (Å²) in [7, 11) is 0. The van der Waals surface area contributed by atoms with Crippen LogP contribution in [0.2, 0.25) is 0 Å². The minimum Gasteiger partial charge on any atom is -0.454 e. The van der Waals surface area contributed by atoms with Crippen LogP contribution in [0.1, 0.15) is 25.5 Å². The molecule has 0 aliphatic heterocycles. The summed E-state index contributed by atoms with van der Waals surface area (Å²) in [6.45, 7) is 4.89. The molecule has 0 fully saturated rings. The lowest BCUT2D eigenvalue weighted by Gasteiger charge is -2.14. The van der Waals surface area contributed by atoms with Crippen LogP contribution in [-0.2, 0) is 0 Å². The number of para-hydroxylation sites is 1. The van der Waals surface area contributed by atoms with E-state index in [2.05, 4.69) is 5.32 Å². The summed E-state index contributed by atoms with van der Waals surface area (Å²) < 4.78 is 19.5. The van der Waals surface area contributed by atoms with E-state index in [0.29, 0.717) is 5.75 Å². The van der Waals surface area contributed by atoms with E-state index in [1.807, 2.05) is 38.1 Å². The van der Waals surface area contributed by atoms with Gasteiger partial charge in [-0.15, -0.1) is 0 Å². The minimum absolute atomic E-state index is 0.130. The fourth-order valence-electron chi connectivity index (χ4n) is 1.91. The highest BCUT2D eigenvalue weighted by atomic mass is 19.1. The largest absolute Gasteiger partial charge is 0.454 e. The molecule has 0 aliphatic carbocycles. The first-order valence-electron chi connectivity index (χ1n) is 6.46. The molecule has 0 aromatic heterocycles. The van der Waals surface area contributed by atoms with Crippen molar-refractivity contribution in [2.75, 3.05) is 6.54 Å². The molecule has 0 aliphatic rings. The van der Waals surface area contributed by atoms with Crippen molar-refractivity contribution in [3.63, 3.8) is 0 Å². The predicted molar refractivity (Wildman–Crippen MR) is 75.0 cm³/mol. The number of rotatable bonds is 5. The fraction of sp³-hybridized carbons (Fsp3) is 0.250. The molecule has 0 radical (unpaired) electrons. The van der Waals surface area contributed by atoms with Crippen molar-refractivity contribution in [3.05, 3.63) is 59.9 Å². The van der Waals surface area contributed by atoms with Crippen molar-refractivity contribution < 1.29 is 9.13 Å². The molecule has 2 rings (SSSR count). The lowest BCUT2D eigenvalue weighted by molar-refractivity contribution is 0.440. The van der Waals surface area contributed by atoms with E-state index in [9.17, 15) is 4.39 Å². The third-order valence-electron chi connectivity index (χ3n) is 2.94. The van der Waals surface area contributed by atoms with Crippen LogP contribution in [0.15, 0.2) is 48.5 Å². The number of nitrogens with one attached hydrogen (secondary N) is 1. The highest BCUT2D eigenvalue weighted by molar-refractivity contribution is 5.35. The predicted octanol–water partition coefficient (Wildman–Crippen LogP) is 4.29. The van der Waals surface area contributed by atoms with Gasteiger partial charge in [-0.2, -0.15) is 0 Å². The number of ether oxygens (including phenoxy) is 1. The van der Waals surface area contributed by atoms with Crippen LogP contribution in [0.5, 0.6) is 11.5 Å². The van der Waals surface area contributed by atoms with Gasteiger partial charge in [0, 0.05) is 6.04 Å². The minimum atomic E-state index is -0.342. The molecule has 3 heteroatoms. The summed E-state index contributed by atoms with van der Waals surface area (Å²) in [6.07, 6.45) is 0. The molecule has 1 atom stereocenters. The SMILES string of the molecule is CCNC(C)c1ccc(Oc2ccccc2)c(F)c1. The van der Waals surface area contributed by atoms with Gasteiger partial charge in [0.05, 0.1) is 0 Å². The van der Waals surface area contributed by atoms with E-state index in [0.717, 1.165) is 12.1 Å². The third kappa shape index (κ3) is 3.55. The van der Waals surface area contributed by atoms with E-state index in [-0.39, 0.29) is 17.6 Å². The number of hydrogen-bond acceptors (Lipinski definition) is 2. The standard InChI is InChI=1S/C16H18FNO/c1-3-18-12(2)13-9-10-16(15(17)11-13)19-14-7-5-4-6-8-14/h4-12,18H,3H2,1-2H3. The van der Waals surface area contributed by atoms with Crippen molar-refractivity contribution in [1.29, 1.82) is 0 Å². The van der Waals surface area contributed by atoms with Crippen LogP contribution in [0.4, 0.5) is 4.39 Å². The molecule has 2 aromatic rings. The second kappa shape index (κ2) is 6.34. The van der Waals surface area contributed by atoms with Crippen LogP contribution in [0.25, 0.3) is 0 Å². The number of benzene rings is 2. The molecular weight excluding hydrogens is 241 g/mol. The molecule has 0 saturated carbocycles. The van der Waals surface area contributed by atoms with Crippen molar-refractivity contribution in [2.45, 2.75) is 19.9 Å². The molecule has 0 heterocycles. The molecule has 1 unspecified atom stereocenters. The Hall–Kier alpha value is -1.87. The van der Waals surface area contributed by atoms with E-state index >= 15 is 0 Å². The summed E-state index contributed by atoms with van der Waals surface area (Å²) >= 11 is 0. The van der Waals surface area contributed by atoms with Gasteiger partial charge in [0.25, 0.3) is 0 Å². The quantitative estimate of drug-likeness (QED) is 0.865. The molecule has 2 aromatic carbocycles. The Bertz CT molecular complexity index is 528. The highest BCUT2D eigenvalue weighted by Gasteiger charge is 2.09. The van der Waals surface area contributed by atoms with Crippen LogP contribution >= 0.6 is 0 Å². The monoisotopic (exact) mass is 259 g/mol. The summed E-state index contributed by atoms with van der Waals surface area (Å²) in [5, 5.41) is 3.25. The molecule has 0 bridgehead atoms. The molecule has 0 amide bonds. The van der Waals surface area contributed by atoms with Crippen LogP contribution in [-0.4, -0.2) is 6.54 Å². The summed E-state index contributed by atoms with van der Waals surface area (Å²) in [4.78, 5) is 0. The summed E-state index contributed by atoms with van der Waals surface area (Å²) in [5.41, 5.74) is 0.916. The van der Waals surface area contributed by atoms with Gasteiger partial charge in [0.1, 0.15) is 5.75 Å². The first kappa shape index (κ1) is 13.6. The van der Waals surface area contributed by atoms with Crippen LogP contribution in [0.3, 0.4) is 0 Å². The third-order valence-corrected chi connectivity index (χ3v) is 2.94. The highest BCUT2D eigenvalue weighted by Crippen LogP contribution is 2.26. The van der Waals surface area contributed by atoms with Gasteiger partial charge in [-0.25, -0.2) is 4.39 Å². The zero-order valence-corrected chi connectivity index (χ0v) is 11.2. The Morgan fingerprint density at radius 1 is 1.16 bits per heavy atom. The molecular formula is C16H18FNO. The maximum Gasteiger partial charge on any atom is 0.166 e. The average molecular weight is 259 g/mol. The van der Waals surface area contributed by atoms with Crippen molar-refractivity contribution in [3.8, 4) is 11.5 Å². The van der Waals surface area contributed by atoms with E-state index in [4.69, 9.17) is 4.74 Å². The summed E-state index contributed by atoms with van der Waals surface area (Å²) in [6, 6.07) is 14.4. The van der Waals surface area contributed by atoms with E-state index in [1.54, 1.807) is 18.2 Å². The summed E-state index contributed by atoms with van der Waals surface area (Å²) in [5.74, 6) is 0.540. The Labute approximate surface area is 113 Å². The molecule has 2 nitrogen and oxygen atoms in total. The van der Waals surface area contributed by atoms with Crippen molar-refractivity contribution in [1.82, 2.24) is 5.32 Å². The van der Waals surface area contributed by atoms with Crippen molar-refractivity contribution in [2.24, 2.45) is 0 Å². The topological polar surface area (TPSA) is 21.3 Å². The van der Waals surface area contributed by atoms with Gasteiger partial charge in [-0.05, 0) is 43.3 Å². The zero-order valence-electron chi connectivity index (χ0n) is 11.2. The Balaban J connectivity index is 2.15. The van der Waals surface area contributed by atoms with Gasteiger partial charge < -0.3 is 10.1 Å². The van der Waals surface area contributed by atoms with Gasteiger partial charge in [-0.1, -0.05) is 31.2 Å². The second-order valence-corrected chi connectivity index (χ2v) is 4.38. The fourth-order valence-corrected chi connectivity index (χ4v) is 1.91. The van der Waals surface area contributed by atoms with E-state index < -0.39 is 0 Å². The normalized spacial score (nSPS) is 12.2. The van der Waals surface area contributed by atoms with Crippen molar-refractivity contribution >= 4 is 0 Å². The van der Waals surface area contributed by atoms with E-state index in [1.165, 1.54) is 6.07 Å². The van der Waals surface area contributed by atoms with Crippen LogP contribution < -0.4 is 10.1 Å². The second-order valence-electron chi connectivity index (χ2n) is 4.38. The zero-order chi connectivity index (χ0) is 13.7. The maximum atomic E-state index is 14.0. The van der Waals surface area contributed by atoms with Gasteiger partial charge in [-0.3, -0.25) is 0 Å². The molecule has 1 N–H and O–H groups in total. The smallest absolute Gasteiger partial charge is 0.166 e. The Morgan fingerprint density at radius 3 is 2.53 bits per heavy atom. The Kier molecular flexibility index (Phi) is 4.53. The lowest BCUT2D eigenvalue weighted by Crippen LogP contribution is -2.17. The van der Waals surface area contributed by atoms with Gasteiger partial charge in [0.2, 0.25) is 0 Å². The molecule has 100 valence electrons. The first-order valence-corrected chi connectivity index (χ1v) is 6.46. The number of hydrogen-bond donors (Lipinski definition) is 1. The first-order chi connectivity index (χ1) is 9.20. The lowest BCUT2D eigenvalue weighted by atomic mass is 10.1. The maximum absolute atomic E-state index is 14.0. The molecule has 0 saturated heterocycles.